The summed E-state index contributed by atoms with van der Waals surface area (Å²) in [6, 6.07) is 12.9. The van der Waals surface area contributed by atoms with E-state index in [1.165, 1.54) is 0 Å². The number of fused-ring (bicyclic) bond motifs is 1. The minimum absolute atomic E-state index is 0.0616. The maximum absolute atomic E-state index is 12.7. The van der Waals surface area contributed by atoms with Crippen LogP contribution in [0.2, 0.25) is 5.02 Å². The Kier molecular flexibility index (Phi) is 5.11. The van der Waals surface area contributed by atoms with E-state index in [0.717, 1.165) is 36.9 Å². The van der Waals surface area contributed by atoms with E-state index >= 15 is 0 Å². The standard InChI is InChI=1S/C20H22ClN5O2/c1-13(19(27)22-15-5-6-17-18(12-15)24-20(28)23-17)25-7-9-26(10-8-25)16-4-2-3-14(21)11-16/h2-6,11-13H,7-10H2,1H3,(H,22,27)(H2,23,24,28)/t13-/m1/s1. The van der Waals surface area contributed by atoms with E-state index in [1.54, 1.807) is 18.2 Å². The zero-order valence-electron chi connectivity index (χ0n) is 15.5. The van der Waals surface area contributed by atoms with Crippen molar-refractivity contribution in [3.05, 3.63) is 58.0 Å². The van der Waals surface area contributed by atoms with Crippen molar-refractivity contribution in [1.29, 1.82) is 0 Å². The molecule has 2 heterocycles. The van der Waals surface area contributed by atoms with Gasteiger partial charge in [-0.25, -0.2) is 4.79 Å². The van der Waals surface area contributed by atoms with Gasteiger partial charge in [-0.2, -0.15) is 0 Å². The molecule has 1 atom stereocenters. The smallest absolute Gasteiger partial charge is 0.323 e. The number of benzene rings is 2. The van der Waals surface area contributed by atoms with Crippen molar-refractivity contribution in [2.45, 2.75) is 13.0 Å². The number of hydrogen-bond donors (Lipinski definition) is 3. The average Bonchev–Trinajstić information content (AvgIpc) is 3.07. The second kappa shape index (κ2) is 7.69. The maximum Gasteiger partial charge on any atom is 0.323 e. The van der Waals surface area contributed by atoms with Gasteiger partial charge in [0.25, 0.3) is 0 Å². The third-order valence-corrected chi connectivity index (χ3v) is 5.43. The summed E-state index contributed by atoms with van der Waals surface area (Å²) in [6.45, 7) is 5.20. The highest BCUT2D eigenvalue weighted by Crippen LogP contribution is 2.22. The van der Waals surface area contributed by atoms with E-state index in [-0.39, 0.29) is 17.6 Å². The monoisotopic (exact) mass is 399 g/mol. The minimum Gasteiger partial charge on any atom is -0.369 e. The molecule has 7 nitrogen and oxygen atoms in total. The first-order valence-corrected chi connectivity index (χ1v) is 9.65. The Balaban J connectivity index is 1.36. The number of halogens is 1. The van der Waals surface area contributed by atoms with Gasteiger partial charge in [0, 0.05) is 42.6 Å². The molecular weight excluding hydrogens is 378 g/mol. The quantitative estimate of drug-likeness (QED) is 0.629. The van der Waals surface area contributed by atoms with Gasteiger partial charge >= 0.3 is 5.69 Å². The Hall–Kier alpha value is -2.77. The number of nitrogens with one attached hydrogen (secondary N) is 3. The Morgan fingerprint density at radius 1 is 1.07 bits per heavy atom. The van der Waals surface area contributed by atoms with Crippen LogP contribution in [0.25, 0.3) is 11.0 Å². The maximum atomic E-state index is 12.7. The predicted molar refractivity (Wildman–Crippen MR) is 112 cm³/mol. The summed E-state index contributed by atoms with van der Waals surface area (Å²) in [5.41, 5.74) is 2.90. The molecule has 8 heteroatoms. The zero-order valence-corrected chi connectivity index (χ0v) is 16.3. The number of carbonyl (C=O) groups excluding carboxylic acids is 1. The van der Waals surface area contributed by atoms with E-state index in [2.05, 4.69) is 31.2 Å². The fourth-order valence-corrected chi connectivity index (χ4v) is 3.75. The topological polar surface area (TPSA) is 84.2 Å². The number of hydrogen-bond acceptors (Lipinski definition) is 4. The molecule has 0 bridgehead atoms. The second-order valence-electron chi connectivity index (χ2n) is 7.01. The molecule has 0 aliphatic carbocycles. The van der Waals surface area contributed by atoms with Crippen LogP contribution in [-0.4, -0.2) is 53.0 Å². The summed E-state index contributed by atoms with van der Waals surface area (Å²) in [7, 11) is 0. The minimum atomic E-state index is -0.260. The van der Waals surface area contributed by atoms with Crippen molar-refractivity contribution in [2.24, 2.45) is 0 Å². The number of rotatable bonds is 4. The molecule has 1 amide bonds. The number of nitrogens with zero attached hydrogens (tertiary/aromatic N) is 2. The Morgan fingerprint density at radius 3 is 2.57 bits per heavy atom. The van der Waals surface area contributed by atoms with E-state index in [9.17, 15) is 9.59 Å². The van der Waals surface area contributed by atoms with Gasteiger partial charge in [0.05, 0.1) is 17.1 Å². The molecule has 3 N–H and O–H groups in total. The summed E-state index contributed by atoms with van der Waals surface area (Å²) < 4.78 is 0. The molecule has 1 fully saturated rings. The summed E-state index contributed by atoms with van der Waals surface area (Å²) in [4.78, 5) is 33.9. The number of anilines is 2. The molecule has 0 spiro atoms. The highest BCUT2D eigenvalue weighted by molar-refractivity contribution is 6.30. The fourth-order valence-electron chi connectivity index (χ4n) is 3.56. The van der Waals surface area contributed by atoms with E-state index in [0.29, 0.717) is 16.7 Å². The number of H-pyrrole nitrogens is 2. The van der Waals surface area contributed by atoms with Crippen LogP contribution in [0.4, 0.5) is 11.4 Å². The number of aromatic nitrogens is 2. The average molecular weight is 400 g/mol. The normalized spacial score (nSPS) is 16.3. The lowest BCUT2D eigenvalue weighted by Crippen LogP contribution is -2.52. The largest absolute Gasteiger partial charge is 0.369 e. The number of imidazole rings is 1. The van der Waals surface area contributed by atoms with Crippen LogP contribution < -0.4 is 15.9 Å². The summed E-state index contributed by atoms with van der Waals surface area (Å²) in [5, 5.41) is 3.67. The lowest BCUT2D eigenvalue weighted by Gasteiger charge is -2.38. The second-order valence-corrected chi connectivity index (χ2v) is 7.44. The van der Waals surface area contributed by atoms with Crippen LogP contribution in [0, 0.1) is 0 Å². The van der Waals surface area contributed by atoms with Crippen molar-refractivity contribution in [1.82, 2.24) is 14.9 Å². The lowest BCUT2D eigenvalue weighted by atomic mass is 10.2. The molecule has 1 aliphatic heterocycles. The van der Waals surface area contributed by atoms with Crippen LogP contribution in [0.1, 0.15) is 6.92 Å². The van der Waals surface area contributed by atoms with Crippen LogP contribution in [-0.2, 0) is 4.79 Å². The Bertz CT molecular complexity index is 1050. The number of carbonyl (C=O) groups is 1. The van der Waals surface area contributed by atoms with Crippen LogP contribution in [0.5, 0.6) is 0 Å². The van der Waals surface area contributed by atoms with Crippen LogP contribution in [0.15, 0.2) is 47.3 Å². The number of amides is 1. The first-order chi connectivity index (χ1) is 13.5. The molecule has 0 unspecified atom stereocenters. The van der Waals surface area contributed by atoms with Gasteiger partial charge in [0.2, 0.25) is 5.91 Å². The Morgan fingerprint density at radius 2 is 1.82 bits per heavy atom. The molecule has 3 aromatic rings. The molecule has 0 saturated carbocycles. The molecule has 1 saturated heterocycles. The number of piperazine rings is 1. The molecule has 2 aromatic carbocycles. The first-order valence-electron chi connectivity index (χ1n) is 9.27. The van der Waals surface area contributed by atoms with Crippen molar-refractivity contribution in [3.63, 3.8) is 0 Å². The molecular formula is C20H22ClN5O2. The number of aromatic amines is 2. The highest BCUT2D eigenvalue weighted by atomic mass is 35.5. The van der Waals surface area contributed by atoms with Crippen molar-refractivity contribution < 1.29 is 4.79 Å². The SMILES string of the molecule is C[C@H](C(=O)Nc1ccc2[nH]c(=O)[nH]c2c1)N1CCN(c2cccc(Cl)c2)CC1. The lowest BCUT2D eigenvalue weighted by molar-refractivity contribution is -0.120. The van der Waals surface area contributed by atoms with Crippen molar-refractivity contribution in [2.75, 3.05) is 36.4 Å². The van der Waals surface area contributed by atoms with E-state index in [4.69, 9.17) is 11.6 Å². The van der Waals surface area contributed by atoms with E-state index in [1.807, 2.05) is 25.1 Å². The molecule has 1 aliphatic rings. The van der Waals surface area contributed by atoms with Gasteiger partial charge in [-0.1, -0.05) is 17.7 Å². The third-order valence-electron chi connectivity index (χ3n) is 5.20. The third kappa shape index (κ3) is 3.90. The van der Waals surface area contributed by atoms with E-state index < -0.39 is 0 Å². The molecule has 1 aromatic heterocycles. The molecule has 4 rings (SSSR count). The fraction of sp³-hybridized carbons (Fsp3) is 0.300. The summed E-state index contributed by atoms with van der Waals surface area (Å²) in [5.74, 6) is -0.0616. The zero-order chi connectivity index (χ0) is 19.7. The predicted octanol–water partition coefficient (Wildman–Crippen LogP) is 2.66. The van der Waals surface area contributed by atoms with Gasteiger partial charge in [0.1, 0.15) is 0 Å². The van der Waals surface area contributed by atoms with Crippen LogP contribution in [0.3, 0.4) is 0 Å². The summed E-state index contributed by atoms with van der Waals surface area (Å²) >= 11 is 6.09. The first kappa shape index (κ1) is 18.6. The van der Waals surface area contributed by atoms with Gasteiger partial charge in [-0.05, 0) is 43.3 Å². The van der Waals surface area contributed by atoms with Gasteiger partial charge in [-0.15, -0.1) is 0 Å². The highest BCUT2D eigenvalue weighted by Gasteiger charge is 2.26. The van der Waals surface area contributed by atoms with Gasteiger partial charge < -0.3 is 20.2 Å². The summed E-state index contributed by atoms with van der Waals surface area (Å²) in [6.07, 6.45) is 0. The molecule has 0 radical (unpaired) electrons. The van der Waals surface area contributed by atoms with Crippen molar-refractivity contribution in [3.8, 4) is 0 Å². The molecule has 28 heavy (non-hydrogen) atoms. The Labute approximate surface area is 167 Å². The van der Waals surface area contributed by atoms with Gasteiger partial charge in [-0.3, -0.25) is 9.69 Å². The van der Waals surface area contributed by atoms with Crippen molar-refractivity contribution >= 4 is 39.9 Å². The van der Waals surface area contributed by atoms with Gasteiger partial charge in [0.15, 0.2) is 0 Å². The molecule has 146 valence electrons. The van der Waals surface area contributed by atoms with Crippen LogP contribution >= 0.6 is 11.6 Å².